The molecule has 0 aliphatic rings. The molecule has 0 spiro atoms. The Morgan fingerprint density at radius 1 is 0.145 bits per heavy atom. The Balaban J connectivity index is 0.000000164. The third-order valence-electron chi connectivity index (χ3n) is 29.3. The first-order valence-electron chi connectivity index (χ1n) is 49.3. The summed E-state index contributed by atoms with van der Waals surface area (Å²) in [6, 6.07) is 120. The molecule has 0 atom stereocenters. The molecule has 0 aliphatic carbocycles. The number of fused-ring (bicyclic) bond motifs is 18. The Morgan fingerprint density at radius 3 is 0.435 bits per heavy atom. The van der Waals surface area contributed by atoms with E-state index in [1.165, 1.54) is 132 Å². The zero-order valence-corrected chi connectivity index (χ0v) is 84.7. The summed E-state index contributed by atoms with van der Waals surface area (Å²) in [6.07, 6.45) is 0. The van der Waals surface area contributed by atoms with Crippen molar-refractivity contribution >= 4 is 142 Å². The van der Waals surface area contributed by atoms with Gasteiger partial charge in [0.15, 0.2) is 11.6 Å². The third kappa shape index (κ3) is 15.5. The van der Waals surface area contributed by atoms with Crippen LogP contribution in [0.1, 0.15) is 243 Å². The number of rotatable bonds is 10. The highest BCUT2D eigenvalue weighted by Crippen LogP contribution is 2.48. The van der Waals surface area contributed by atoms with Crippen LogP contribution in [0.2, 0.25) is 0 Å². The Labute approximate surface area is 811 Å². The van der Waals surface area contributed by atoms with Gasteiger partial charge >= 0.3 is 0 Å². The van der Waals surface area contributed by atoms with Crippen LogP contribution in [0.25, 0.3) is 165 Å². The van der Waals surface area contributed by atoms with E-state index in [-0.39, 0.29) is 54.9 Å². The van der Waals surface area contributed by atoms with E-state index in [1.807, 2.05) is 84.9 Å². The highest BCUT2D eigenvalue weighted by molar-refractivity contribution is 6.18. The molecule has 0 bridgehead atoms. The maximum atomic E-state index is 13.6. The summed E-state index contributed by atoms with van der Waals surface area (Å²) in [5, 5.41) is 14.8. The van der Waals surface area contributed by atoms with Gasteiger partial charge < -0.3 is 27.4 Å². The van der Waals surface area contributed by atoms with Gasteiger partial charge in [-0.05, 0) is 306 Å². The minimum absolute atomic E-state index is 0.00979. The molecule has 0 fully saturated rings. The maximum absolute atomic E-state index is 13.6. The van der Waals surface area contributed by atoms with Gasteiger partial charge in [-0.1, -0.05) is 275 Å². The fraction of sp³-hybridized carbons (Fsp3) is 0.246. The Bertz CT molecular complexity index is 7540. The average Bonchev–Trinajstić information content (AvgIpc) is 1.54. The fourth-order valence-electron chi connectivity index (χ4n) is 21.1. The second kappa shape index (κ2) is 32.1. The number of carbonyl (C=O) groups is 2. The quantitative estimate of drug-likeness (QED) is 0.128. The van der Waals surface area contributed by atoms with Gasteiger partial charge in [0, 0.05) is 121 Å². The van der Waals surface area contributed by atoms with Gasteiger partial charge in [-0.2, -0.15) is 0 Å². The van der Waals surface area contributed by atoms with Crippen LogP contribution in [-0.2, 0) is 43.3 Å². The molecule has 0 unspecified atom stereocenters. The van der Waals surface area contributed by atoms with E-state index in [9.17, 15) is 9.59 Å². The lowest BCUT2D eigenvalue weighted by atomic mass is 9.85. The molecule has 0 aliphatic heterocycles. The van der Waals surface area contributed by atoms with Crippen molar-refractivity contribution in [1.29, 1.82) is 0 Å². The molecule has 22 aromatic rings. The number of hydrogen-bond donors (Lipinski definition) is 0. The number of carbonyl (C=O) groups excluding carboxylic acids is 2. The maximum Gasteiger partial charge on any atom is 0.193 e. The molecular formula is C130H126N6O2. The summed E-state index contributed by atoms with van der Waals surface area (Å²) in [6.45, 7) is 55.1. The first-order chi connectivity index (χ1) is 65.3. The average molecular weight is 1800 g/mol. The van der Waals surface area contributed by atoms with Gasteiger partial charge in [0.05, 0.1) is 66.2 Å². The summed E-state index contributed by atoms with van der Waals surface area (Å²) in [7, 11) is 0. The van der Waals surface area contributed by atoms with E-state index in [4.69, 9.17) is 0 Å². The van der Waals surface area contributed by atoms with Crippen molar-refractivity contribution in [2.24, 2.45) is 0 Å². The first-order valence-corrected chi connectivity index (χ1v) is 49.3. The van der Waals surface area contributed by atoms with Crippen molar-refractivity contribution in [3.8, 4) is 34.1 Å². The van der Waals surface area contributed by atoms with Crippen molar-refractivity contribution in [2.75, 3.05) is 0 Å². The highest BCUT2D eigenvalue weighted by atomic mass is 16.1. The summed E-state index contributed by atoms with van der Waals surface area (Å²) >= 11 is 0. The van der Waals surface area contributed by atoms with Crippen molar-refractivity contribution in [3.05, 3.63) is 394 Å². The van der Waals surface area contributed by atoms with Gasteiger partial charge in [-0.15, -0.1) is 0 Å². The summed E-state index contributed by atoms with van der Waals surface area (Å²) in [4.78, 5) is 27.2. The van der Waals surface area contributed by atoms with Crippen LogP contribution in [-0.4, -0.2) is 39.0 Å². The van der Waals surface area contributed by atoms with Gasteiger partial charge in [-0.3, -0.25) is 9.59 Å². The molecule has 0 saturated carbocycles. The molecular weight excluding hydrogens is 1680 g/mol. The molecule has 0 radical (unpaired) electrons. The smallest absolute Gasteiger partial charge is 0.193 e. The number of hydrogen-bond acceptors (Lipinski definition) is 2. The predicted molar refractivity (Wildman–Crippen MR) is 588 cm³/mol. The lowest BCUT2D eigenvalue weighted by Gasteiger charge is -2.19. The van der Waals surface area contributed by atoms with Crippen molar-refractivity contribution in [3.63, 3.8) is 0 Å². The normalized spacial score (nSPS) is 13.0. The van der Waals surface area contributed by atoms with Crippen LogP contribution in [0.5, 0.6) is 0 Å². The molecule has 0 N–H and O–H groups in total. The molecule has 6 heterocycles. The van der Waals surface area contributed by atoms with E-state index in [0.29, 0.717) is 22.3 Å². The van der Waals surface area contributed by atoms with Crippen LogP contribution < -0.4 is 0 Å². The first kappa shape index (κ1) is 90.1. The fourth-order valence-corrected chi connectivity index (χ4v) is 21.1. The number of benzene rings is 16. The summed E-state index contributed by atoms with van der Waals surface area (Å²) < 4.78 is 14.6. The van der Waals surface area contributed by atoms with E-state index in [2.05, 4.69) is 436 Å². The summed E-state index contributed by atoms with van der Waals surface area (Å²) in [5.41, 5.74) is 33.8. The lowest BCUT2D eigenvalue weighted by Crippen LogP contribution is -2.10. The third-order valence-corrected chi connectivity index (χ3v) is 29.3. The van der Waals surface area contributed by atoms with Gasteiger partial charge in [0.25, 0.3) is 0 Å². The molecule has 22 rings (SSSR count). The van der Waals surface area contributed by atoms with Crippen LogP contribution in [0.15, 0.2) is 328 Å². The molecule has 0 saturated heterocycles. The number of ketones is 2. The highest BCUT2D eigenvalue weighted by Gasteiger charge is 2.31. The van der Waals surface area contributed by atoms with Crippen LogP contribution in [0.4, 0.5) is 0 Å². The molecule has 138 heavy (non-hydrogen) atoms. The lowest BCUT2D eigenvalue weighted by molar-refractivity contribution is 0.103. The Kier molecular flexibility index (Phi) is 21.0. The second-order valence-corrected chi connectivity index (χ2v) is 47.2. The van der Waals surface area contributed by atoms with Crippen LogP contribution in [0, 0.1) is 0 Å². The molecule has 6 aromatic heterocycles. The zero-order valence-electron chi connectivity index (χ0n) is 84.7. The molecule has 8 heteroatoms. The zero-order chi connectivity index (χ0) is 97.1. The minimum atomic E-state index is 0.00979. The van der Waals surface area contributed by atoms with Crippen LogP contribution in [0.3, 0.4) is 0 Å². The van der Waals surface area contributed by atoms with Crippen LogP contribution >= 0.6 is 0 Å². The van der Waals surface area contributed by atoms with Crippen molar-refractivity contribution < 1.29 is 9.59 Å². The van der Waals surface area contributed by atoms with E-state index in [1.54, 1.807) is 0 Å². The second-order valence-electron chi connectivity index (χ2n) is 47.2. The largest absolute Gasteiger partial charge is 0.309 e. The molecule has 8 nitrogen and oxygen atoms in total. The SMILES string of the molecule is CC(C)(C)c1ccc2c(c1)c1cc(C(C)(C)C)ccc1n2-c1ccc2c(c1)c1cc(-n3c4ccc(C(C)(C)C)cc4c4cc(C(C)(C)C)ccc43)ccc1n2-c1ccc(C(=O)c2ccccc2)cc1.CC(C)(C)c1ccc2c(c1)c1cc(C(C)(C)C)ccc1n2-c1ccc2c(c1)c1cc(-n3c4ccc(C(C)(C)C)cc4c4cc(C(C)(C)C)ccc43)ccc1n2-c1ccc(C(=O)c2ccccc2)cc1. The number of nitrogens with zero attached hydrogens (tertiary/aromatic N) is 6. The van der Waals surface area contributed by atoms with Crippen molar-refractivity contribution in [1.82, 2.24) is 27.4 Å². The standard InChI is InChI=1S/2C65H63N3O/c2*1-62(2,3)42-20-28-55-49(34-42)50-35-43(63(4,5)6)21-29-56(50)67(55)47-26-32-59-53(38-47)54-39-48(27-33-60(54)66(59)46-24-18-41(19-25-46)61(69)40-16-14-13-15-17-40)68-57-30-22-44(64(7,8)9)36-51(57)52-37-45(65(10,11)12)23-31-58(52)68/h2*13-39H,1-12H3. The van der Waals surface area contributed by atoms with E-state index < -0.39 is 0 Å². The van der Waals surface area contributed by atoms with Gasteiger partial charge in [0.2, 0.25) is 0 Å². The van der Waals surface area contributed by atoms with E-state index in [0.717, 1.165) is 77.7 Å². The predicted octanol–water partition coefficient (Wildman–Crippen LogP) is 34.8. The number of aromatic nitrogens is 6. The topological polar surface area (TPSA) is 63.7 Å². The monoisotopic (exact) mass is 1800 g/mol. The minimum Gasteiger partial charge on any atom is -0.309 e. The Morgan fingerprint density at radius 2 is 0.275 bits per heavy atom. The molecule has 688 valence electrons. The summed E-state index contributed by atoms with van der Waals surface area (Å²) in [5.74, 6) is 0.0361. The van der Waals surface area contributed by atoms with Crippen molar-refractivity contribution in [2.45, 2.75) is 209 Å². The van der Waals surface area contributed by atoms with E-state index >= 15 is 0 Å². The molecule has 16 aromatic carbocycles. The Hall–Kier alpha value is -14.3. The van der Waals surface area contributed by atoms with Gasteiger partial charge in [-0.25, -0.2) is 0 Å². The van der Waals surface area contributed by atoms with Gasteiger partial charge in [0.1, 0.15) is 0 Å². The molecule has 0 amide bonds.